The van der Waals surface area contributed by atoms with Crippen molar-refractivity contribution in [3.05, 3.63) is 22.2 Å². The summed E-state index contributed by atoms with van der Waals surface area (Å²) in [7, 11) is 0. The van der Waals surface area contributed by atoms with E-state index in [2.05, 4.69) is 13.8 Å². The van der Waals surface area contributed by atoms with Gasteiger partial charge in [-0.3, -0.25) is 0 Å². The van der Waals surface area contributed by atoms with Crippen molar-refractivity contribution >= 4 is 23.2 Å². The monoisotopic (exact) mass is 178 g/mol. The molecule has 0 aromatic carbocycles. The smallest absolute Gasteiger partial charge is 0.0545 e. The summed E-state index contributed by atoms with van der Waals surface area (Å²) in [5, 5.41) is 1.26. The van der Waals surface area contributed by atoms with Gasteiger partial charge in [-0.05, 0) is 18.9 Å². The molecule has 0 bridgehead atoms. The van der Waals surface area contributed by atoms with Gasteiger partial charge in [-0.2, -0.15) is 0 Å². The predicted molar refractivity (Wildman–Crippen MR) is 48.4 cm³/mol. The van der Waals surface area contributed by atoms with Crippen LogP contribution in [0.15, 0.2) is 22.2 Å². The molecular weight excluding hydrogens is 167 g/mol. The van der Waals surface area contributed by atoms with Crippen LogP contribution in [-0.4, -0.2) is 0 Å². The van der Waals surface area contributed by atoms with Crippen LogP contribution < -0.4 is 0 Å². The van der Waals surface area contributed by atoms with E-state index in [1.807, 2.05) is 12.2 Å². The minimum Gasteiger partial charge on any atom is -0.0878 e. The number of halogens is 2. The summed E-state index contributed by atoms with van der Waals surface area (Å²) in [6, 6.07) is 0. The summed E-state index contributed by atoms with van der Waals surface area (Å²) in [5.74, 6) is 0.518. The second-order valence-electron chi connectivity index (χ2n) is 2.48. The quantitative estimate of drug-likeness (QED) is 0.563. The standard InChI is InChI=1S/C8H12Cl2/c1-6(2)4-5-8(10)7(3)9/h4-6H,1-3H3/b5-4-,8-7-. The van der Waals surface area contributed by atoms with Crippen LogP contribution in [0.2, 0.25) is 0 Å². The van der Waals surface area contributed by atoms with E-state index in [1.165, 1.54) is 0 Å². The molecule has 0 aromatic heterocycles. The fraction of sp³-hybridized carbons (Fsp3) is 0.500. The van der Waals surface area contributed by atoms with Gasteiger partial charge in [0.2, 0.25) is 0 Å². The third-order valence-electron chi connectivity index (χ3n) is 0.957. The molecule has 10 heavy (non-hydrogen) atoms. The Bertz CT molecular complexity index is 151. The lowest BCUT2D eigenvalue weighted by Gasteiger charge is -1.93. The average Bonchev–Trinajstić information content (AvgIpc) is 1.82. The SMILES string of the molecule is C/C(Cl)=C(Cl)\C=C/C(C)C. The summed E-state index contributed by atoms with van der Waals surface area (Å²) in [5.41, 5.74) is 0. The van der Waals surface area contributed by atoms with Gasteiger partial charge in [0, 0.05) is 5.03 Å². The molecule has 0 aliphatic carbocycles. The van der Waals surface area contributed by atoms with E-state index >= 15 is 0 Å². The van der Waals surface area contributed by atoms with Crippen molar-refractivity contribution in [1.29, 1.82) is 0 Å². The van der Waals surface area contributed by atoms with Crippen molar-refractivity contribution < 1.29 is 0 Å². The molecule has 0 heterocycles. The van der Waals surface area contributed by atoms with Gasteiger partial charge in [-0.1, -0.05) is 43.1 Å². The van der Waals surface area contributed by atoms with Crippen molar-refractivity contribution in [2.75, 3.05) is 0 Å². The first-order chi connectivity index (χ1) is 4.54. The lowest BCUT2D eigenvalue weighted by atomic mass is 10.2. The molecule has 2 heteroatoms. The highest BCUT2D eigenvalue weighted by molar-refractivity contribution is 6.39. The lowest BCUT2D eigenvalue weighted by molar-refractivity contribution is 0.831. The lowest BCUT2D eigenvalue weighted by Crippen LogP contribution is -1.77. The Labute approximate surface area is 72.5 Å². The maximum Gasteiger partial charge on any atom is 0.0545 e. The first-order valence-corrected chi connectivity index (χ1v) is 3.99. The molecule has 0 radical (unpaired) electrons. The van der Waals surface area contributed by atoms with E-state index in [-0.39, 0.29) is 0 Å². The second kappa shape index (κ2) is 4.81. The molecule has 0 aliphatic rings. The first kappa shape index (κ1) is 10.1. The van der Waals surface area contributed by atoms with Crippen molar-refractivity contribution in [3.63, 3.8) is 0 Å². The number of hydrogen-bond donors (Lipinski definition) is 0. The molecule has 0 N–H and O–H groups in total. The number of rotatable bonds is 2. The molecule has 0 amide bonds. The van der Waals surface area contributed by atoms with Gasteiger partial charge >= 0.3 is 0 Å². The fourth-order valence-corrected chi connectivity index (χ4v) is 0.527. The zero-order valence-electron chi connectivity index (χ0n) is 6.49. The maximum absolute atomic E-state index is 5.72. The molecule has 0 nitrogen and oxygen atoms in total. The van der Waals surface area contributed by atoms with Gasteiger partial charge in [0.15, 0.2) is 0 Å². The summed E-state index contributed by atoms with van der Waals surface area (Å²) in [6.45, 7) is 5.95. The highest BCUT2D eigenvalue weighted by Gasteiger charge is 1.90. The molecular formula is C8H12Cl2. The van der Waals surface area contributed by atoms with Crippen LogP contribution in [0.5, 0.6) is 0 Å². The molecule has 0 aliphatic heterocycles. The minimum atomic E-state index is 0.518. The van der Waals surface area contributed by atoms with Crippen LogP contribution in [-0.2, 0) is 0 Å². The van der Waals surface area contributed by atoms with Crippen LogP contribution in [0.25, 0.3) is 0 Å². The molecule has 0 atom stereocenters. The zero-order chi connectivity index (χ0) is 8.15. The highest BCUT2D eigenvalue weighted by atomic mass is 35.5. The Morgan fingerprint density at radius 2 is 1.80 bits per heavy atom. The van der Waals surface area contributed by atoms with Crippen molar-refractivity contribution in [2.45, 2.75) is 20.8 Å². The Hall–Kier alpha value is 0.0600. The summed E-state index contributed by atoms with van der Waals surface area (Å²) < 4.78 is 0. The van der Waals surface area contributed by atoms with E-state index < -0.39 is 0 Å². The van der Waals surface area contributed by atoms with Gasteiger partial charge in [0.25, 0.3) is 0 Å². The molecule has 0 rings (SSSR count). The number of allylic oxidation sites excluding steroid dienone is 4. The van der Waals surface area contributed by atoms with E-state index in [0.29, 0.717) is 16.0 Å². The summed E-state index contributed by atoms with van der Waals surface area (Å²) >= 11 is 11.3. The Kier molecular flexibility index (Phi) is 4.84. The Morgan fingerprint density at radius 3 is 2.10 bits per heavy atom. The molecule has 0 spiro atoms. The largest absolute Gasteiger partial charge is 0.0878 e. The van der Waals surface area contributed by atoms with Gasteiger partial charge in [0.05, 0.1) is 5.03 Å². The third kappa shape index (κ3) is 4.89. The van der Waals surface area contributed by atoms with Gasteiger partial charge < -0.3 is 0 Å². The average molecular weight is 179 g/mol. The predicted octanol–water partition coefficient (Wildman–Crippen LogP) is 3.91. The van der Waals surface area contributed by atoms with E-state index in [9.17, 15) is 0 Å². The molecule has 58 valence electrons. The van der Waals surface area contributed by atoms with Crippen LogP contribution in [0.1, 0.15) is 20.8 Å². The highest BCUT2D eigenvalue weighted by Crippen LogP contribution is 2.14. The van der Waals surface area contributed by atoms with Crippen LogP contribution in [0.3, 0.4) is 0 Å². The third-order valence-corrected chi connectivity index (χ3v) is 1.67. The molecule has 0 aromatic rings. The Balaban J connectivity index is 4.03. The summed E-state index contributed by atoms with van der Waals surface area (Å²) in [6.07, 6.45) is 3.84. The van der Waals surface area contributed by atoms with Gasteiger partial charge in [-0.25, -0.2) is 0 Å². The molecule has 0 saturated carbocycles. The van der Waals surface area contributed by atoms with Crippen LogP contribution in [0, 0.1) is 5.92 Å². The van der Waals surface area contributed by atoms with Crippen molar-refractivity contribution in [1.82, 2.24) is 0 Å². The fourth-order valence-electron chi connectivity index (χ4n) is 0.392. The zero-order valence-corrected chi connectivity index (χ0v) is 8.00. The van der Waals surface area contributed by atoms with E-state index in [1.54, 1.807) is 6.92 Å². The molecule has 0 fully saturated rings. The molecule has 0 saturated heterocycles. The summed E-state index contributed by atoms with van der Waals surface area (Å²) in [4.78, 5) is 0. The van der Waals surface area contributed by atoms with Crippen LogP contribution >= 0.6 is 23.2 Å². The first-order valence-electron chi connectivity index (χ1n) is 3.24. The van der Waals surface area contributed by atoms with E-state index in [4.69, 9.17) is 23.2 Å². The Morgan fingerprint density at radius 1 is 1.30 bits per heavy atom. The molecule has 0 unspecified atom stereocenters. The topological polar surface area (TPSA) is 0 Å². The number of hydrogen-bond acceptors (Lipinski definition) is 0. The van der Waals surface area contributed by atoms with Gasteiger partial charge in [-0.15, -0.1) is 0 Å². The van der Waals surface area contributed by atoms with Crippen LogP contribution in [0.4, 0.5) is 0 Å². The van der Waals surface area contributed by atoms with Gasteiger partial charge in [0.1, 0.15) is 0 Å². The normalized spacial score (nSPS) is 14.6. The minimum absolute atomic E-state index is 0.518. The van der Waals surface area contributed by atoms with Crippen molar-refractivity contribution in [2.24, 2.45) is 5.92 Å². The maximum atomic E-state index is 5.72. The second-order valence-corrected chi connectivity index (χ2v) is 3.46. The van der Waals surface area contributed by atoms with E-state index in [0.717, 1.165) is 0 Å². The van der Waals surface area contributed by atoms with Crippen molar-refractivity contribution in [3.8, 4) is 0 Å².